The van der Waals surface area contributed by atoms with Crippen molar-refractivity contribution in [3.8, 4) is 0 Å². The Morgan fingerprint density at radius 2 is 2.00 bits per heavy atom. The molecule has 2 aromatic rings. The summed E-state index contributed by atoms with van der Waals surface area (Å²) in [6, 6.07) is 10.7. The predicted octanol–water partition coefficient (Wildman–Crippen LogP) is 3.77. The lowest BCUT2D eigenvalue weighted by molar-refractivity contribution is 0.0735. The Hall–Kier alpha value is -1.71. The van der Waals surface area contributed by atoms with Crippen molar-refractivity contribution < 1.29 is 4.79 Å². The number of fused-ring (bicyclic) bond motifs is 1. The fourth-order valence-electron chi connectivity index (χ4n) is 2.64. The maximum atomic E-state index is 12.6. The van der Waals surface area contributed by atoms with E-state index >= 15 is 0 Å². The lowest BCUT2D eigenvalue weighted by Gasteiger charge is -2.30. The average Bonchev–Trinajstić information content (AvgIpc) is 2.49. The zero-order chi connectivity index (χ0) is 15.0. The van der Waals surface area contributed by atoms with Crippen LogP contribution in [0.5, 0.6) is 0 Å². The Kier molecular flexibility index (Phi) is 3.79. The van der Waals surface area contributed by atoms with Crippen LogP contribution in [0, 0.1) is 0 Å². The van der Waals surface area contributed by atoms with E-state index in [-0.39, 0.29) is 5.91 Å². The Labute approximate surface area is 133 Å². The van der Waals surface area contributed by atoms with E-state index in [0.29, 0.717) is 28.7 Å². The molecule has 2 aromatic carbocycles. The van der Waals surface area contributed by atoms with E-state index < -0.39 is 0 Å². The molecule has 0 aromatic heterocycles. The Morgan fingerprint density at radius 1 is 1.19 bits per heavy atom. The van der Waals surface area contributed by atoms with Gasteiger partial charge in [0.25, 0.3) is 5.91 Å². The molecule has 0 fully saturated rings. The first-order chi connectivity index (χ1) is 10.1. The van der Waals surface area contributed by atoms with E-state index in [1.807, 2.05) is 18.2 Å². The van der Waals surface area contributed by atoms with Crippen LogP contribution < -0.4 is 5.73 Å². The van der Waals surface area contributed by atoms with Crippen LogP contribution in [-0.4, -0.2) is 17.4 Å². The van der Waals surface area contributed by atoms with Crippen LogP contribution in [0.15, 0.2) is 36.4 Å². The second-order valence-corrected chi connectivity index (χ2v) is 5.93. The summed E-state index contributed by atoms with van der Waals surface area (Å²) in [5.74, 6) is -0.101. The summed E-state index contributed by atoms with van der Waals surface area (Å²) in [5, 5.41) is 0.923. The Morgan fingerprint density at radius 3 is 2.81 bits per heavy atom. The van der Waals surface area contributed by atoms with Crippen molar-refractivity contribution in [2.75, 3.05) is 12.3 Å². The fourth-order valence-corrected chi connectivity index (χ4v) is 3.01. The van der Waals surface area contributed by atoms with Gasteiger partial charge in [-0.05, 0) is 41.8 Å². The molecule has 3 nitrogen and oxygen atoms in total. The largest absolute Gasteiger partial charge is 0.398 e. The van der Waals surface area contributed by atoms with Crippen LogP contribution in [0.25, 0.3) is 0 Å². The topological polar surface area (TPSA) is 46.3 Å². The standard InChI is InChI=1S/C16H14Cl2N2O/c17-11-4-5-14(18)13(8-11)16(21)20-7-6-12-10(9-20)2-1-3-15(12)19/h1-5,8H,6-7,9,19H2. The highest BCUT2D eigenvalue weighted by Gasteiger charge is 2.24. The van der Waals surface area contributed by atoms with Gasteiger partial charge in [0, 0.05) is 23.8 Å². The minimum atomic E-state index is -0.101. The number of hydrogen-bond donors (Lipinski definition) is 1. The van der Waals surface area contributed by atoms with Gasteiger partial charge in [-0.3, -0.25) is 4.79 Å². The molecule has 1 aliphatic rings. The van der Waals surface area contributed by atoms with Crippen molar-refractivity contribution in [3.05, 3.63) is 63.1 Å². The summed E-state index contributed by atoms with van der Waals surface area (Å²) in [6.45, 7) is 1.17. The molecule has 108 valence electrons. The number of hydrogen-bond acceptors (Lipinski definition) is 2. The molecule has 0 atom stereocenters. The minimum absolute atomic E-state index is 0.101. The maximum Gasteiger partial charge on any atom is 0.255 e. The van der Waals surface area contributed by atoms with Crippen molar-refractivity contribution in [2.45, 2.75) is 13.0 Å². The molecule has 2 N–H and O–H groups in total. The van der Waals surface area contributed by atoms with Crippen molar-refractivity contribution in [1.29, 1.82) is 0 Å². The van der Waals surface area contributed by atoms with Gasteiger partial charge in [0.05, 0.1) is 10.6 Å². The quantitative estimate of drug-likeness (QED) is 0.813. The minimum Gasteiger partial charge on any atom is -0.398 e. The molecule has 1 amide bonds. The smallest absolute Gasteiger partial charge is 0.255 e. The molecule has 5 heteroatoms. The van der Waals surface area contributed by atoms with Gasteiger partial charge in [0.15, 0.2) is 0 Å². The van der Waals surface area contributed by atoms with E-state index in [0.717, 1.165) is 23.2 Å². The zero-order valence-electron chi connectivity index (χ0n) is 11.3. The van der Waals surface area contributed by atoms with Crippen LogP contribution in [-0.2, 0) is 13.0 Å². The summed E-state index contributed by atoms with van der Waals surface area (Å²) in [7, 11) is 0. The third-order valence-corrected chi connectivity index (χ3v) is 4.31. The predicted molar refractivity (Wildman–Crippen MR) is 85.8 cm³/mol. The number of nitrogens with two attached hydrogens (primary N) is 1. The van der Waals surface area contributed by atoms with Gasteiger partial charge in [0.2, 0.25) is 0 Å². The number of anilines is 1. The number of amides is 1. The van der Waals surface area contributed by atoms with Crippen molar-refractivity contribution in [1.82, 2.24) is 4.90 Å². The van der Waals surface area contributed by atoms with Crippen molar-refractivity contribution in [3.63, 3.8) is 0 Å². The van der Waals surface area contributed by atoms with E-state index in [4.69, 9.17) is 28.9 Å². The van der Waals surface area contributed by atoms with Gasteiger partial charge in [-0.1, -0.05) is 35.3 Å². The molecule has 0 bridgehead atoms. The summed E-state index contributed by atoms with van der Waals surface area (Å²) >= 11 is 12.1. The van der Waals surface area contributed by atoms with Crippen LogP contribution in [0.1, 0.15) is 21.5 Å². The number of carbonyl (C=O) groups is 1. The molecule has 21 heavy (non-hydrogen) atoms. The van der Waals surface area contributed by atoms with E-state index in [2.05, 4.69) is 0 Å². The van der Waals surface area contributed by atoms with Crippen molar-refractivity contribution in [2.24, 2.45) is 0 Å². The highest BCUT2D eigenvalue weighted by molar-refractivity contribution is 6.35. The highest BCUT2D eigenvalue weighted by Crippen LogP contribution is 2.27. The number of carbonyl (C=O) groups excluding carboxylic acids is 1. The van der Waals surface area contributed by atoms with E-state index in [1.165, 1.54) is 0 Å². The van der Waals surface area contributed by atoms with E-state index in [9.17, 15) is 4.79 Å². The molecule has 0 aliphatic carbocycles. The number of nitrogen functional groups attached to an aromatic ring is 1. The summed E-state index contributed by atoms with van der Waals surface area (Å²) in [5.41, 5.74) is 9.44. The van der Waals surface area contributed by atoms with Gasteiger partial charge in [-0.2, -0.15) is 0 Å². The van der Waals surface area contributed by atoms with Gasteiger partial charge in [-0.15, -0.1) is 0 Å². The number of halogens is 2. The maximum absolute atomic E-state index is 12.6. The highest BCUT2D eigenvalue weighted by atomic mass is 35.5. The Bertz CT molecular complexity index is 715. The van der Waals surface area contributed by atoms with Crippen LogP contribution in [0.3, 0.4) is 0 Å². The summed E-state index contributed by atoms with van der Waals surface area (Å²) in [6.07, 6.45) is 0.756. The number of nitrogens with zero attached hydrogens (tertiary/aromatic N) is 1. The molecular weight excluding hydrogens is 307 g/mol. The number of rotatable bonds is 1. The lowest BCUT2D eigenvalue weighted by Crippen LogP contribution is -2.36. The first-order valence-electron chi connectivity index (χ1n) is 6.67. The van der Waals surface area contributed by atoms with Gasteiger partial charge >= 0.3 is 0 Å². The van der Waals surface area contributed by atoms with Gasteiger partial charge in [0.1, 0.15) is 0 Å². The first kappa shape index (κ1) is 14.2. The third kappa shape index (κ3) is 2.71. The van der Waals surface area contributed by atoms with Crippen LogP contribution in [0.2, 0.25) is 10.0 Å². The SMILES string of the molecule is Nc1cccc2c1CCN(C(=O)c1cc(Cl)ccc1Cl)C2. The molecule has 0 saturated carbocycles. The second kappa shape index (κ2) is 5.58. The third-order valence-electron chi connectivity index (χ3n) is 3.75. The average molecular weight is 321 g/mol. The van der Waals surface area contributed by atoms with Crippen LogP contribution in [0.4, 0.5) is 5.69 Å². The molecule has 0 unspecified atom stereocenters. The summed E-state index contributed by atoms with van der Waals surface area (Å²) < 4.78 is 0. The zero-order valence-corrected chi connectivity index (χ0v) is 12.8. The molecule has 1 heterocycles. The van der Waals surface area contributed by atoms with Crippen LogP contribution >= 0.6 is 23.2 Å². The molecule has 0 radical (unpaired) electrons. The lowest BCUT2D eigenvalue weighted by atomic mass is 9.97. The monoisotopic (exact) mass is 320 g/mol. The van der Waals surface area contributed by atoms with E-state index in [1.54, 1.807) is 23.1 Å². The van der Waals surface area contributed by atoms with Gasteiger partial charge in [-0.25, -0.2) is 0 Å². The number of benzene rings is 2. The molecular formula is C16H14Cl2N2O. The summed E-state index contributed by atoms with van der Waals surface area (Å²) in [4.78, 5) is 14.4. The first-order valence-corrected chi connectivity index (χ1v) is 7.42. The molecule has 0 saturated heterocycles. The Balaban J connectivity index is 1.89. The van der Waals surface area contributed by atoms with Gasteiger partial charge < -0.3 is 10.6 Å². The molecule has 3 rings (SSSR count). The normalized spacial score (nSPS) is 13.9. The second-order valence-electron chi connectivity index (χ2n) is 5.09. The molecule has 1 aliphatic heterocycles. The van der Waals surface area contributed by atoms with Crippen molar-refractivity contribution >= 4 is 34.8 Å². The molecule has 0 spiro atoms. The fraction of sp³-hybridized carbons (Fsp3) is 0.188.